The fraction of sp³-hybridized carbons (Fsp3) is 0.385. The van der Waals surface area contributed by atoms with E-state index in [4.69, 9.17) is 0 Å². The number of hydrogen-bond acceptors (Lipinski definition) is 5. The molecule has 0 spiro atoms. The van der Waals surface area contributed by atoms with E-state index in [0.29, 0.717) is 13.1 Å². The summed E-state index contributed by atoms with van der Waals surface area (Å²) in [5.74, 6) is 0.116. The van der Waals surface area contributed by atoms with Crippen LogP contribution < -0.4 is 9.47 Å². The van der Waals surface area contributed by atoms with Gasteiger partial charge >= 0.3 is 6.29 Å². The summed E-state index contributed by atoms with van der Waals surface area (Å²) in [6.45, 7) is 1.18. The molecule has 2 aromatic rings. The van der Waals surface area contributed by atoms with Crippen LogP contribution in [0.15, 0.2) is 24.4 Å². The van der Waals surface area contributed by atoms with Gasteiger partial charge in [0.05, 0.1) is 5.69 Å². The predicted octanol–water partition coefficient (Wildman–Crippen LogP) is 1.77. The van der Waals surface area contributed by atoms with Gasteiger partial charge in [-0.3, -0.25) is 9.58 Å². The van der Waals surface area contributed by atoms with Gasteiger partial charge in [-0.05, 0) is 24.7 Å². The number of halogens is 2. The highest BCUT2D eigenvalue weighted by Crippen LogP contribution is 2.41. The minimum atomic E-state index is -3.58. The molecular weight excluding hydrogens is 282 g/mol. The van der Waals surface area contributed by atoms with E-state index in [1.165, 1.54) is 6.07 Å². The molecule has 0 N–H and O–H groups in total. The summed E-state index contributed by atoms with van der Waals surface area (Å²) in [5, 5.41) is 7.86. The molecule has 0 unspecified atom stereocenters. The second-order valence-electron chi connectivity index (χ2n) is 5.00. The third-order valence-corrected chi connectivity index (χ3v) is 3.00. The number of rotatable bonds is 4. The Labute approximate surface area is 119 Å². The lowest BCUT2D eigenvalue weighted by molar-refractivity contribution is -0.286. The van der Waals surface area contributed by atoms with Gasteiger partial charge < -0.3 is 9.47 Å². The molecule has 6 nitrogen and oxygen atoms in total. The molecule has 112 valence electrons. The van der Waals surface area contributed by atoms with Gasteiger partial charge in [-0.15, -0.1) is 13.9 Å². The van der Waals surface area contributed by atoms with Gasteiger partial charge in [-0.25, -0.2) is 0 Å². The first-order valence-electron chi connectivity index (χ1n) is 6.34. The molecule has 0 saturated heterocycles. The molecule has 0 amide bonds. The SMILES string of the molecule is CN(Cc1ccc2c(c1)OC(F)(F)O2)Cc1cn(C)nn1. The van der Waals surface area contributed by atoms with Gasteiger partial charge in [0.25, 0.3) is 0 Å². The maximum atomic E-state index is 12.9. The van der Waals surface area contributed by atoms with Crippen LogP contribution in [0.4, 0.5) is 8.78 Å². The van der Waals surface area contributed by atoms with E-state index >= 15 is 0 Å². The van der Waals surface area contributed by atoms with Crippen molar-refractivity contribution in [2.75, 3.05) is 7.05 Å². The number of benzene rings is 1. The molecule has 0 bridgehead atoms. The Morgan fingerprint density at radius 3 is 2.71 bits per heavy atom. The first kappa shape index (κ1) is 13.7. The lowest BCUT2D eigenvalue weighted by Gasteiger charge is -2.15. The zero-order valence-corrected chi connectivity index (χ0v) is 11.6. The van der Waals surface area contributed by atoms with Crippen LogP contribution in [0.25, 0.3) is 0 Å². The van der Waals surface area contributed by atoms with Crippen LogP contribution in [0, 0.1) is 0 Å². The molecule has 1 aromatic carbocycles. The molecule has 3 rings (SSSR count). The third kappa shape index (κ3) is 3.10. The van der Waals surface area contributed by atoms with Crippen molar-refractivity contribution in [3.05, 3.63) is 35.7 Å². The molecular formula is C13H14F2N4O2. The third-order valence-electron chi connectivity index (χ3n) is 3.00. The van der Waals surface area contributed by atoms with E-state index < -0.39 is 6.29 Å². The number of ether oxygens (including phenoxy) is 2. The van der Waals surface area contributed by atoms with Crippen molar-refractivity contribution in [1.82, 2.24) is 19.9 Å². The van der Waals surface area contributed by atoms with Crippen molar-refractivity contribution in [1.29, 1.82) is 0 Å². The zero-order valence-electron chi connectivity index (χ0n) is 11.6. The van der Waals surface area contributed by atoms with Crippen LogP contribution in [0.3, 0.4) is 0 Å². The molecule has 1 aliphatic heterocycles. The van der Waals surface area contributed by atoms with Crippen molar-refractivity contribution in [3.8, 4) is 11.5 Å². The van der Waals surface area contributed by atoms with E-state index in [1.807, 2.05) is 18.1 Å². The van der Waals surface area contributed by atoms with Crippen LogP contribution in [-0.2, 0) is 20.1 Å². The highest BCUT2D eigenvalue weighted by Gasteiger charge is 2.43. The van der Waals surface area contributed by atoms with Crippen LogP contribution in [0.5, 0.6) is 11.5 Å². The number of nitrogens with zero attached hydrogens (tertiary/aromatic N) is 4. The van der Waals surface area contributed by atoms with Gasteiger partial charge in [0, 0.05) is 26.3 Å². The maximum absolute atomic E-state index is 12.9. The Bertz CT molecular complexity index is 659. The second kappa shape index (κ2) is 4.96. The molecule has 1 aliphatic rings. The Kier molecular flexibility index (Phi) is 3.25. The number of fused-ring (bicyclic) bond motifs is 1. The van der Waals surface area contributed by atoms with Crippen molar-refractivity contribution in [2.24, 2.45) is 7.05 Å². The fourth-order valence-corrected chi connectivity index (χ4v) is 2.20. The molecule has 21 heavy (non-hydrogen) atoms. The first-order valence-corrected chi connectivity index (χ1v) is 6.34. The van der Waals surface area contributed by atoms with E-state index in [1.54, 1.807) is 23.9 Å². The second-order valence-corrected chi connectivity index (χ2v) is 5.00. The minimum Gasteiger partial charge on any atom is -0.395 e. The van der Waals surface area contributed by atoms with Crippen LogP contribution in [0.1, 0.15) is 11.3 Å². The van der Waals surface area contributed by atoms with E-state index in [0.717, 1.165) is 11.3 Å². The zero-order chi connectivity index (χ0) is 15.0. The minimum absolute atomic E-state index is 0.0559. The molecule has 2 heterocycles. The highest BCUT2D eigenvalue weighted by atomic mass is 19.3. The van der Waals surface area contributed by atoms with E-state index in [-0.39, 0.29) is 11.5 Å². The summed E-state index contributed by atoms with van der Waals surface area (Å²) < 4.78 is 36.3. The molecule has 0 fully saturated rings. The Balaban J connectivity index is 1.66. The largest absolute Gasteiger partial charge is 0.586 e. The number of aromatic nitrogens is 3. The fourth-order valence-electron chi connectivity index (χ4n) is 2.20. The predicted molar refractivity (Wildman–Crippen MR) is 68.8 cm³/mol. The molecule has 0 atom stereocenters. The van der Waals surface area contributed by atoms with E-state index in [2.05, 4.69) is 19.8 Å². The first-order chi connectivity index (χ1) is 9.91. The van der Waals surface area contributed by atoms with Crippen molar-refractivity contribution in [2.45, 2.75) is 19.4 Å². The van der Waals surface area contributed by atoms with E-state index in [9.17, 15) is 8.78 Å². The lowest BCUT2D eigenvalue weighted by Crippen LogP contribution is -2.25. The van der Waals surface area contributed by atoms with Crippen molar-refractivity contribution < 1.29 is 18.3 Å². The molecule has 1 aromatic heterocycles. The van der Waals surface area contributed by atoms with Gasteiger partial charge in [-0.2, -0.15) is 0 Å². The molecule has 0 aliphatic carbocycles. The van der Waals surface area contributed by atoms with Crippen LogP contribution in [0.2, 0.25) is 0 Å². The summed E-state index contributed by atoms with van der Waals surface area (Å²) >= 11 is 0. The molecule has 0 saturated carbocycles. The standard InChI is InChI=1S/C13H14F2N4O2/c1-18(7-10-8-19(2)17-16-10)6-9-3-4-11-12(5-9)21-13(14,15)20-11/h3-5,8H,6-7H2,1-2H3. The summed E-state index contributed by atoms with van der Waals surface area (Å²) in [5.41, 5.74) is 1.69. The van der Waals surface area contributed by atoms with Crippen LogP contribution in [-0.4, -0.2) is 33.2 Å². The Morgan fingerprint density at radius 2 is 2.00 bits per heavy atom. The highest BCUT2D eigenvalue weighted by molar-refractivity contribution is 5.45. The summed E-state index contributed by atoms with van der Waals surface area (Å²) in [6.07, 6.45) is -1.75. The monoisotopic (exact) mass is 296 g/mol. The smallest absolute Gasteiger partial charge is 0.395 e. The summed E-state index contributed by atoms with van der Waals surface area (Å²) in [7, 11) is 3.71. The topological polar surface area (TPSA) is 52.4 Å². The quantitative estimate of drug-likeness (QED) is 0.860. The summed E-state index contributed by atoms with van der Waals surface area (Å²) in [6, 6.07) is 4.78. The van der Waals surface area contributed by atoms with Gasteiger partial charge in [0.15, 0.2) is 11.5 Å². The van der Waals surface area contributed by atoms with Crippen molar-refractivity contribution in [3.63, 3.8) is 0 Å². The number of alkyl halides is 2. The van der Waals surface area contributed by atoms with Gasteiger partial charge in [0.2, 0.25) is 0 Å². The lowest BCUT2D eigenvalue weighted by atomic mass is 10.2. The average Bonchev–Trinajstić information content (AvgIpc) is 2.90. The van der Waals surface area contributed by atoms with Gasteiger partial charge in [0.1, 0.15) is 0 Å². The average molecular weight is 296 g/mol. The normalized spacial score (nSPS) is 15.7. The maximum Gasteiger partial charge on any atom is 0.586 e. The Morgan fingerprint density at radius 1 is 1.24 bits per heavy atom. The van der Waals surface area contributed by atoms with Gasteiger partial charge in [-0.1, -0.05) is 11.3 Å². The van der Waals surface area contributed by atoms with Crippen LogP contribution >= 0.6 is 0 Å². The Hall–Kier alpha value is -2.22. The number of hydrogen-bond donors (Lipinski definition) is 0. The van der Waals surface area contributed by atoms with Crippen molar-refractivity contribution >= 4 is 0 Å². The molecule has 8 heteroatoms. The molecule has 0 radical (unpaired) electrons. The number of aryl methyl sites for hydroxylation is 1. The summed E-state index contributed by atoms with van der Waals surface area (Å²) in [4.78, 5) is 2.00.